The summed E-state index contributed by atoms with van der Waals surface area (Å²) >= 11 is 5.98. The fraction of sp³-hybridized carbons (Fsp3) is 0.333. The number of hydrogen-bond donors (Lipinski definition) is 1. The number of rotatable bonds is 4. The van der Waals surface area contributed by atoms with E-state index in [0.717, 1.165) is 17.9 Å². The zero-order chi connectivity index (χ0) is 12.3. The van der Waals surface area contributed by atoms with Crippen molar-refractivity contribution in [3.8, 4) is 0 Å². The molecule has 2 heterocycles. The maximum atomic E-state index is 5.98. The molecule has 0 spiro atoms. The zero-order valence-corrected chi connectivity index (χ0v) is 10.7. The first-order chi connectivity index (χ1) is 8.22. The smallest absolute Gasteiger partial charge is 0.0838 e. The van der Waals surface area contributed by atoms with E-state index in [-0.39, 0.29) is 0 Å². The summed E-state index contributed by atoms with van der Waals surface area (Å²) in [5.74, 6) is 0. The minimum Gasteiger partial charge on any atom is -0.316 e. The molecule has 0 bridgehead atoms. The van der Waals surface area contributed by atoms with Crippen LogP contribution in [-0.4, -0.2) is 21.8 Å². The van der Waals surface area contributed by atoms with Gasteiger partial charge in [-0.05, 0) is 25.6 Å². The number of aromatic nitrogens is 3. The lowest BCUT2D eigenvalue weighted by Gasteiger charge is -2.09. The van der Waals surface area contributed by atoms with Crippen LogP contribution in [-0.2, 0) is 13.1 Å². The molecule has 0 saturated heterocycles. The molecule has 0 aromatic carbocycles. The van der Waals surface area contributed by atoms with Crippen molar-refractivity contribution in [3.05, 3.63) is 46.5 Å². The Morgan fingerprint density at radius 1 is 1.47 bits per heavy atom. The number of halogens is 1. The average Bonchev–Trinajstić information content (AvgIpc) is 2.64. The minimum absolute atomic E-state index is 0.649. The molecule has 0 saturated carbocycles. The average molecular weight is 251 g/mol. The predicted molar refractivity (Wildman–Crippen MR) is 68.1 cm³/mol. The van der Waals surface area contributed by atoms with E-state index in [4.69, 9.17) is 11.6 Å². The van der Waals surface area contributed by atoms with E-state index in [2.05, 4.69) is 21.5 Å². The Morgan fingerprint density at radius 2 is 2.29 bits per heavy atom. The lowest BCUT2D eigenvalue weighted by atomic mass is 10.2. The van der Waals surface area contributed by atoms with Crippen molar-refractivity contribution in [2.24, 2.45) is 0 Å². The molecule has 2 aromatic rings. The van der Waals surface area contributed by atoms with Crippen LogP contribution in [0.4, 0.5) is 0 Å². The first kappa shape index (κ1) is 12.1. The molecular weight excluding hydrogens is 236 g/mol. The fourth-order valence-electron chi connectivity index (χ4n) is 1.69. The van der Waals surface area contributed by atoms with Crippen LogP contribution in [0.5, 0.6) is 0 Å². The van der Waals surface area contributed by atoms with Crippen molar-refractivity contribution in [1.82, 2.24) is 20.1 Å². The summed E-state index contributed by atoms with van der Waals surface area (Å²) in [7, 11) is 1.92. The highest BCUT2D eigenvalue weighted by atomic mass is 35.5. The molecule has 0 aliphatic heterocycles. The van der Waals surface area contributed by atoms with Crippen LogP contribution in [0.3, 0.4) is 0 Å². The predicted octanol–water partition coefficient (Wildman–Crippen LogP) is 2.01. The molecule has 5 heteroatoms. The molecule has 0 aliphatic carbocycles. The second kappa shape index (κ2) is 5.29. The van der Waals surface area contributed by atoms with E-state index in [0.29, 0.717) is 11.6 Å². The summed E-state index contributed by atoms with van der Waals surface area (Å²) in [6, 6.07) is 4.01. The maximum absolute atomic E-state index is 5.98. The van der Waals surface area contributed by atoms with Gasteiger partial charge in [-0.15, -0.1) is 0 Å². The van der Waals surface area contributed by atoms with Crippen molar-refractivity contribution in [2.75, 3.05) is 7.05 Å². The topological polar surface area (TPSA) is 42.7 Å². The van der Waals surface area contributed by atoms with E-state index < -0.39 is 0 Å². The maximum Gasteiger partial charge on any atom is 0.0838 e. The second-order valence-electron chi connectivity index (χ2n) is 3.88. The van der Waals surface area contributed by atoms with Crippen LogP contribution in [0.25, 0.3) is 0 Å². The normalized spacial score (nSPS) is 10.8. The van der Waals surface area contributed by atoms with Gasteiger partial charge in [-0.3, -0.25) is 9.67 Å². The van der Waals surface area contributed by atoms with Gasteiger partial charge in [0.2, 0.25) is 0 Å². The molecule has 0 unspecified atom stereocenters. The van der Waals surface area contributed by atoms with Crippen LogP contribution in [0.2, 0.25) is 5.02 Å². The third kappa shape index (κ3) is 2.65. The van der Waals surface area contributed by atoms with E-state index in [1.807, 2.05) is 24.7 Å². The Hall–Kier alpha value is -1.39. The lowest BCUT2D eigenvalue weighted by Crippen LogP contribution is -2.12. The molecule has 0 aliphatic rings. The van der Waals surface area contributed by atoms with Crippen LogP contribution in [0.15, 0.2) is 24.5 Å². The molecule has 0 amide bonds. The molecule has 0 atom stereocenters. The SMILES string of the molecule is CNCc1cccnc1Cn1ncc(Cl)c1C. The molecule has 0 fully saturated rings. The fourth-order valence-corrected chi connectivity index (χ4v) is 1.83. The van der Waals surface area contributed by atoms with Gasteiger partial charge in [0.15, 0.2) is 0 Å². The summed E-state index contributed by atoms with van der Waals surface area (Å²) in [5, 5.41) is 8.06. The van der Waals surface area contributed by atoms with Gasteiger partial charge in [-0.2, -0.15) is 5.10 Å². The van der Waals surface area contributed by atoms with Gasteiger partial charge in [0.1, 0.15) is 0 Å². The highest BCUT2D eigenvalue weighted by molar-refractivity contribution is 6.31. The third-order valence-electron chi connectivity index (χ3n) is 2.69. The molecule has 2 aromatic heterocycles. The van der Waals surface area contributed by atoms with Crippen molar-refractivity contribution in [1.29, 1.82) is 0 Å². The van der Waals surface area contributed by atoms with Gasteiger partial charge in [-0.1, -0.05) is 17.7 Å². The monoisotopic (exact) mass is 250 g/mol. The number of nitrogens with one attached hydrogen (secondary N) is 1. The van der Waals surface area contributed by atoms with Gasteiger partial charge in [0, 0.05) is 12.7 Å². The van der Waals surface area contributed by atoms with Gasteiger partial charge in [0.05, 0.1) is 29.2 Å². The standard InChI is InChI=1S/C12H15ClN4/c1-9-11(13)7-16-17(9)8-12-10(6-14-2)4-3-5-15-12/h3-5,7,14H,6,8H2,1-2H3. The van der Waals surface area contributed by atoms with Crippen molar-refractivity contribution < 1.29 is 0 Å². The zero-order valence-electron chi connectivity index (χ0n) is 9.94. The summed E-state index contributed by atoms with van der Waals surface area (Å²) in [5.41, 5.74) is 3.17. The highest BCUT2D eigenvalue weighted by Gasteiger charge is 2.08. The van der Waals surface area contributed by atoms with Crippen LogP contribution < -0.4 is 5.32 Å². The number of hydrogen-bond acceptors (Lipinski definition) is 3. The Labute approximate surface area is 106 Å². The molecular formula is C12H15ClN4. The number of pyridine rings is 1. The van der Waals surface area contributed by atoms with Gasteiger partial charge in [0.25, 0.3) is 0 Å². The minimum atomic E-state index is 0.649. The molecule has 2 rings (SSSR count). The largest absolute Gasteiger partial charge is 0.316 e. The van der Waals surface area contributed by atoms with Crippen molar-refractivity contribution >= 4 is 11.6 Å². The Morgan fingerprint density at radius 3 is 2.94 bits per heavy atom. The van der Waals surface area contributed by atoms with Crippen LogP contribution in [0, 0.1) is 6.92 Å². The van der Waals surface area contributed by atoms with E-state index in [1.165, 1.54) is 5.56 Å². The van der Waals surface area contributed by atoms with Crippen LogP contribution in [0.1, 0.15) is 17.0 Å². The van der Waals surface area contributed by atoms with Crippen LogP contribution >= 0.6 is 11.6 Å². The second-order valence-corrected chi connectivity index (χ2v) is 4.28. The lowest BCUT2D eigenvalue weighted by molar-refractivity contribution is 0.641. The first-order valence-electron chi connectivity index (χ1n) is 5.47. The summed E-state index contributed by atoms with van der Waals surface area (Å²) in [4.78, 5) is 4.40. The van der Waals surface area contributed by atoms with Gasteiger partial charge in [-0.25, -0.2) is 0 Å². The summed E-state index contributed by atoms with van der Waals surface area (Å²) < 4.78 is 1.86. The molecule has 4 nitrogen and oxygen atoms in total. The summed E-state index contributed by atoms with van der Waals surface area (Å²) in [6.45, 7) is 3.41. The quantitative estimate of drug-likeness (QED) is 0.903. The molecule has 90 valence electrons. The number of nitrogens with zero attached hydrogens (tertiary/aromatic N) is 3. The van der Waals surface area contributed by atoms with E-state index in [9.17, 15) is 0 Å². The summed E-state index contributed by atoms with van der Waals surface area (Å²) in [6.07, 6.45) is 3.46. The molecule has 1 N–H and O–H groups in total. The third-order valence-corrected chi connectivity index (χ3v) is 3.07. The first-order valence-corrected chi connectivity index (χ1v) is 5.85. The van der Waals surface area contributed by atoms with Gasteiger partial charge < -0.3 is 5.32 Å². The van der Waals surface area contributed by atoms with Gasteiger partial charge >= 0.3 is 0 Å². The molecule has 17 heavy (non-hydrogen) atoms. The van der Waals surface area contributed by atoms with Crippen molar-refractivity contribution in [2.45, 2.75) is 20.0 Å². The Kier molecular flexibility index (Phi) is 3.76. The Balaban J connectivity index is 2.26. The highest BCUT2D eigenvalue weighted by Crippen LogP contribution is 2.15. The Bertz CT molecular complexity index is 507. The van der Waals surface area contributed by atoms with E-state index in [1.54, 1.807) is 12.4 Å². The van der Waals surface area contributed by atoms with Crippen molar-refractivity contribution in [3.63, 3.8) is 0 Å². The van der Waals surface area contributed by atoms with E-state index >= 15 is 0 Å². The molecule has 0 radical (unpaired) electrons.